The van der Waals surface area contributed by atoms with Gasteiger partial charge in [0.2, 0.25) is 0 Å². The highest BCUT2D eigenvalue weighted by molar-refractivity contribution is 14.1. The summed E-state index contributed by atoms with van der Waals surface area (Å²) in [5.74, 6) is -0.339. The van der Waals surface area contributed by atoms with Crippen molar-refractivity contribution in [2.75, 3.05) is 5.32 Å². The molecule has 0 radical (unpaired) electrons. The smallest absolute Gasteiger partial charge is 0.338 e. The number of esters is 1. The Morgan fingerprint density at radius 3 is 2.78 bits per heavy atom. The molecule has 0 amide bonds. The van der Waals surface area contributed by atoms with Crippen LogP contribution in [-0.4, -0.2) is 11.0 Å². The Bertz CT molecular complexity index is 805. The first-order chi connectivity index (χ1) is 11.2. The van der Waals surface area contributed by atoms with E-state index in [2.05, 4.69) is 32.9 Å². The summed E-state index contributed by atoms with van der Waals surface area (Å²) in [6.07, 6.45) is 0. The molecule has 0 aliphatic heterocycles. The SMILES string of the molecule is O=C(OCc1csc(Nc2ccccc2)n1)c1cccc(I)c1. The van der Waals surface area contributed by atoms with E-state index in [4.69, 9.17) is 4.74 Å². The minimum atomic E-state index is -0.339. The van der Waals surface area contributed by atoms with Gasteiger partial charge in [-0.2, -0.15) is 0 Å². The maximum Gasteiger partial charge on any atom is 0.338 e. The number of thiazole rings is 1. The van der Waals surface area contributed by atoms with Gasteiger partial charge in [-0.1, -0.05) is 24.3 Å². The Balaban J connectivity index is 1.58. The van der Waals surface area contributed by atoms with E-state index in [0.29, 0.717) is 5.56 Å². The predicted molar refractivity (Wildman–Crippen MR) is 100 cm³/mol. The number of halogens is 1. The van der Waals surface area contributed by atoms with E-state index in [9.17, 15) is 4.79 Å². The van der Waals surface area contributed by atoms with Gasteiger partial charge in [0.25, 0.3) is 0 Å². The van der Waals surface area contributed by atoms with Crippen molar-refractivity contribution in [1.82, 2.24) is 4.98 Å². The summed E-state index contributed by atoms with van der Waals surface area (Å²) in [6, 6.07) is 17.1. The molecule has 6 heteroatoms. The van der Waals surface area contributed by atoms with Crippen LogP contribution >= 0.6 is 33.9 Å². The zero-order valence-electron chi connectivity index (χ0n) is 12.0. The molecule has 0 atom stereocenters. The van der Waals surface area contributed by atoms with Gasteiger partial charge >= 0.3 is 5.97 Å². The molecule has 116 valence electrons. The molecule has 0 bridgehead atoms. The zero-order valence-corrected chi connectivity index (χ0v) is 15.0. The largest absolute Gasteiger partial charge is 0.456 e. The topological polar surface area (TPSA) is 51.2 Å². The van der Waals surface area contributed by atoms with E-state index < -0.39 is 0 Å². The van der Waals surface area contributed by atoms with E-state index >= 15 is 0 Å². The number of aromatic nitrogens is 1. The molecule has 0 spiro atoms. The van der Waals surface area contributed by atoms with E-state index in [1.54, 1.807) is 12.1 Å². The average molecular weight is 436 g/mol. The summed E-state index contributed by atoms with van der Waals surface area (Å²) in [5, 5.41) is 5.87. The second kappa shape index (κ2) is 7.56. The molecular formula is C17H13IN2O2S. The summed E-state index contributed by atoms with van der Waals surface area (Å²) in [5.41, 5.74) is 2.26. The predicted octanol–water partition coefficient (Wildman–Crippen LogP) is 4.85. The maximum atomic E-state index is 12.0. The number of carbonyl (C=O) groups excluding carboxylic acids is 1. The Kier molecular flexibility index (Phi) is 5.24. The molecule has 3 rings (SSSR count). The molecule has 0 aliphatic carbocycles. The van der Waals surface area contributed by atoms with Gasteiger partial charge in [0.1, 0.15) is 6.61 Å². The first-order valence-electron chi connectivity index (χ1n) is 6.90. The number of carbonyl (C=O) groups is 1. The fourth-order valence-corrected chi connectivity index (χ4v) is 3.17. The van der Waals surface area contributed by atoms with Crippen LogP contribution in [0, 0.1) is 3.57 Å². The normalized spacial score (nSPS) is 10.3. The van der Waals surface area contributed by atoms with E-state index in [0.717, 1.165) is 20.1 Å². The minimum Gasteiger partial charge on any atom is -0.456 e. The van der Waals surface area contributed by atoms with Crippen molar-refractivity contribution in [1.29, 1.82) is 0 Å². The van der Waals surface area contributed by atoms with Crippen LogP contribution in [0.4, 0.5) is 10.8 Å². The van der Waals surface area contributed by atoms with E-state index in [-0.39, 0.29) is 12.6 Å². The van der Waals surface area contributed by atoms with Gasteiger partial charge in [-0.25, -0.2) is 9.78 Å². The van der Waals surface area contributed by atoms with Crippen LogP contribution in [-0.2, 0) is 11.3 Å². The Morgan fingerprint density at radius 1 is 1.17 bits per heavy atom. The molecule has 1 N–H and O–H groups in total. The van der Waals surface area contributed by atoms with Crippen molar-refractivity contribution < 1.29 is 9.53 Å². The molecule has 23 heavy (non-hydrogen) atoms. The van der Waals surface area contributed by atoms with Crippen LogP contribution in [0.3, 0.4) is 0 Å². The van der Waals surface area contributed by atoms with Crippen molar-refractivity contribution >= 4 is 50.7 Å². The highest BCUT2D eigenvalue weighted by Crippen LogP contribution is 2.21. The maximum absolute atomic E-state index is 12.0. The Morgan fingerprint density at radius 2 is 2.00 bits per heavy atom. The quantitative estimate of drug-likeness (QED) is 0.459. The van der Waals surface area contributed by atoms with Crippen molar-refractivity contribution in [2.24, 2.45) is 0 Å². The average Bonchev–Trinajstić information content (AvgIpc) is 3.01. The first kappa shape index (κ1) is 15.9. The molecule has 2 aromatic carbocycles. The number of rotatable bonds is 5. The zero-order chi connectivity index (χ0) is 16.1. The number of nitrogens with zero attached hydrogens (tertiary/aromatic N) is 1. The van der Waals surface area contributed by atoms with Crippen LogP contribution in [0.2, 0.25) is 0 Å². The molecule has 0 fully saturated rings. The molecule has 0 unspecified atom stereocenters. The highest BCUT2D eigenvalue weighted by atomic mass is 127. The van der Waals surface area contributed by atoms with Gasteiger partial charge in [-0.3, -0.25) is 0 Å². The van der Waals surface area contributed by atoms with Gasteiger partial charge in [0.15, 0.2) is 5.13 Å². The second-order valence-corrected chi connectivity index (χ2v) is 6.83. The van der Waals surface area contributed by atoms with Gasteiger partial charge in [0, 0.05) is 14.6 Å². The lowest BCUT2D eigenvalue weighted by Gasteiger charge is -2.03. The van der Waals surface area contributed by atoms with Crippen LogP contribution in [0.15, 0.2) is 60.0 Å². The number of nitrogens with one attached hydrogen (secondary N) is 1. The van der Waals surface area contributed by atoms with Crippen molar-refractivity contribution in [3.8, 4) is 0 Å². The van der Waals surface area contributed by atoms with Crippen LogP contribution in [0.25, 0.3) is 0 Å². The van der Waals surface area contributed by atoms with Crippen LogP contribution < -0.4 is 5.32 Å². The number of para-hydroxylation sites is 1. The third-order valence-corrected chi connectivity index (χ3v) is 4.47. The van der Waals surface area contributed by atoms with Gasteiger partial charge in [-0.05, 0) is 52.9 Å². The highest BCUT2D eigenvalue weighted by Gasteiger charge is 2.09. The number of benzene rings is 2. The number of anilines is 2. The van der Waals surface area contributed by atoms with Crippen LogP contribution in [0.5, 0.6) is 0 Å². The second-order valence-electron chi connectivity index (χ2n) is 4.72. The Hall–Kier alpha value is -1.93. The Labute approximate surface area is 151 Å². The molecule has 0 saturated heterocycles. The van der Waals surface area contributed by atoms with Crippen molar-refractivity contribution in [3.63, 3.8) is 0 Å². The van der Waals surface area contributed by atoms with E-state index in [1.807, 2.05) is 47.8 Å². The van der Waals surface area contributed by atoms with Gasteiger partial charge < -0.3 is 10.1 Å². The van der Waals surface area contributed by atoms with Crippen molar-refractivity contribution in [2.45, 2.75) is 6.61 Å². The molecule has 1 heterocycles. The fraction of sp³-hybridized carbons (Fsp3) is 0.0588. The summed E-state index contributed by atoms with van der Waals surface area (Å²) in [7, 11) is 0. The van der Waals surface area contributed by atoms with Crippen LogP contribution in [0.1, 0.15) is 16.1 Å². The van der Waals surface area contributed by atoms with Crippen molar-refractivity contribution in [3.05, 3.63) is 74.8 Å². The standard InChI is InChI=1S/C17H13IN2O2S/c18-13-6-4-5-12(9-13)16(21)22-10-15-11-23-17(20-15)19-14-7-2-1-3-8-14/h1-9,11H,10H2,(H,19,20). The van der Waals surface area contributed by atoms with Gasteiger partial charge in [-0.15, -0.1) is 11.3 Å². The number of ether oxygens (including phenoxy) is 1. The molecule has 3 aromatic rings. The van der Waals surface area contributed by atoms with Gasteiger partial charge in [0.05, 0.1) is 11.3 Å². The molecule has 4 nitrogen and oxygen atoms in total. The lowest BCUT2D eigenvalue weighted by Crippen LogP contribution is -2.05. The fourth-order valence-electron chi connectivity index (χ4n) is 1.91. The van der Waals surface area contributed by atoms with E-state index in [1.165, 1.54) is 11.3 Å². The minimum absolute atomic E-state index is 0.164. The number of hydrogen-bond donors (Lipinski definition) is 1. The lowest BCUT2D eigenvalue weighted by molar-refractivity contribution is 0.0468. The molecule has 1 aromatic heterocycles. The summed E-state index contributed by atoms with van der Waals surface area (Å²) >= 11 is 3.65. The molecule has 0 saturated carbocycles. The first-order valence-corrected chi connectivity index (χ1v) is 8.86. The summed E-state index contributed by atoms with van der Waals surface area (Å²) < 4.78 is 6.31. The lowest BCUT2D eigenvalue weighted by atomic mass is 10.2. The molecule has 0 aliphatic rings. The number of hydrogen-bond acceptors (Lipinski definition) is 5. The summed E-state index contributed by atoms with van der Waals surface area (Å²) in [6.45, 7) is 0.164. The third-order valence-electron chi connectivity index (χ3n) is 2.99. The monoisotopic (exact) mass is 436 g/mol. The third kappa shape index (κ3) is 4.52. The molecular weight excluding hydrogens is 423 g/mol. The summed E-state index contributed by atoms with van der Waals surface area (Å²) in [4.78, 5) is 16.4.